The first-order chi connectivity index (χ1) is 13.8. The molecule has 0 aromatic carbocycles. The average molecular weight is 396 g/mol. The number of rotatable bonds is 4. The molecular formula is C17H37N11. The summed E-state index contributed by atoms with van der Waals surface area (Å²) in [6.07, 6.45) is 0. The van der Waals surface area contributed by atoms with Gasteiger partial charge in [0.15, 0.2) is 0 Å². The summed E-state index contributed by atoms with van der Waals surface area (Å²) in [4.78, 5) is 0. The van der Waals surface area contributed by atoms with Crippen LogP contribution in [-0.2, 0) is 0 Å². The van der Waals surface area contributed by atoms with Crippen LogP contribution < -0.4 is 21.3 Å². The predicted molar refractivity (Wildman–Crippen MR) is 109 cm³/mol. The number of nitrogens with one attached hydrogen (secondary N) is 5. The van der Waals surface area contributed by atoms with Gasteiger partial charge in [-0.1, -0.05) is 0 Å². The van der Waals surface area contributed by atoms with Gasteiger partial charge in [0.05, 0.1) is 0 Å². The number of hydrazine groups is 4. The molecule has 28 heavy (non-hydrogen) atoms. The highest BCUT2D eigenvalue weighted by Gasteiger charge is 2.36. The normalized spacial score (nSPS) is 26.9. The summed E-state index contributed by atoms with van der Waals surface area (Å²) >= 11 is 0. The van der Waals surface area contributed by atoms with Gasteiger partial charge in [-0.25, -0.2) is 20.0 Å². The van der Waals surface area contributed by atoms with Gasteiger partial charge in [0.1, 0.15) is 0 Å². The third-order valence-electron chi connectivity index (χ3n) is 5.82. The molecule has 0 bridgehead atoms. The molecule has 4 heterocycles. The molecule has 0 amide bonds. The zero-order valence-corrected chi connectivity index (χ0v) is 17.0. The Hall–Kier alpha value is -1.05. The molecule has 160 valence electrons. The Morgan fingerprint density at radius 1 is 0.464 bits per heavy atom. The van der Waals surface area contributed by atoms with Gasteiger partial charge in [0.2, 0.25) is 0 Å². The monoisotopic (exact) mass is 395 g/mol. The maximum absolute atomic E-state index is 9.35. The van der Waals surface area contributed by atoms with E-state index in [9.17, 15) is 5.41 Å². The molecule has 11 heteroatoms. The second kappa shape index (κ2) is 10.1. The number of hydrogen-bond acceptors (Lipinski definition) is 9. The third-order valence-corrected chi connectivity index (χ3v) is 5.82. The van der Waals surface area contributed by atoms with Crippen LogP contribution in [0.15, 0.2) is 0 Å². The SMILES string of the molecule is N=C(N(N1CCNCC1)N1CCNCC1)N(N1CCNCC1)N1CCNCC1. The van der Waals surface area contributed by atoms with Crippen LogP contribution in [0.3, 0.4) is 0 Å². The summed E-state index contributed by atoms with van der Waals surface area (Å²) in [5.74, 6) is 0.563. The van der Waals surface area contributed by atoms with E-state index in [2.05, 4.69) is 51.5 Å². The average Bonchev–Trinajstić information content (AvgIpc) is 2.77. The van der Waals surface area contributed by atoms with Crippen molar-refractivity contribution in [1.29, 1.82) is 5.41 Å². The summed E-state index contributed by atoms with van der Waals surface area (Å²) in [5, 5.41) is 36.9. The van der Waals surface area contributed by atoms with E-state index >= 15 is 0 Å². The number of piperazine rings is 4. The Morgan fingerprint density at radius 2 is 0.679 bits per heavy atom. The molecule has 0 atom stereocenters. The van der Waals surface area contributed by atoms with E-state index < -0.39 is 0 Å². The van der Waals surface area contributed by atoms with Crippen LogP contribution in [0.25, 0.3) is 0 Å². The van der Waals surface area contributed by atoms with E-state index in [1.807, 2.05) is 0 Å². The van der Waals surface area contributed by atoms with Crippen LogP contribution in [0.1, 0.15) is 0 Å². The minimum atomic E-state index is 0.563. The Morgan fingerprint density at radius 3 is 0.893 bits per heavy atom. The predicted octanol–water partition coefficient (Wildman–Crippen LogP) is -3.19. The van der Waals surface area contributed by atoms with Gasteiger partial charge in [-0.15, -0.1) is 0 Å². The first-order valence-electron chi connectivity index (χ1n) is 10.9. The van der Waals surface area contributed by atoms with Gasteiger partial charge in [-0.3, -0.25) is 5.41 Å². The number of nitrogens with zero attached hydrogens (tertiary/aromatic N) is 6. The van der Waals surface area contributed by atoms with Crippen molar-refractivity contribution >= 4 is 5.96 Å². The van der Waals surface area contributed by atoms with Gasteiger partial charge >= 0.3 is 0 Å². The third kappa shape index (κ3) is 4.74. The van der Waals surface area contributed by atoms with Crippen molar-refractivity contribution in [3.63, 3.8) is 0 Å². The molecule has 0 aromatic heterocycles. The fourth-order valence-corrected chi connectivity index (χ4v) is 4.34. The molecule has 4 aliphatic heterocycles. The molecule has 0 spiro atoms. The lowest BCUT2D eigenvalue weighted by atomic mass is 10.4. The molecule has 0 aromatic rings. The van der Waals surface area contributed by atoms with Crippen molar-refractivity contribution in [1.82, 2.24) is 51.5 Å². The lowest BCUT2D eigenvalue weighted by molar-refractivity contribution is -0.195. The van der Waals surface area contributed by atoms with E-state index in [1.54, 1.807) is 0 Å². The summed E-state index contributed by atoms with van der Waals surface area (Å²) in [6.45, 7) is 15.2. The van der Waals surface area contributed by atoms with E-state index in [1.165, 1.54) is 0 Å². The van der Waals surface area contributed by atoms with Crippen molar-refractivity contribution in [3.05, 3.63) is 0 Å². The maximum atomic E-state index is 9.35. The molecule has 0 radical (unpaired) electrons. The Labute approximate surface area is 168 Å². The minimum Gasteiger partial charge on any atom is -0.314 e. The highest BCUT2D eigenvalue weighted by atomic mass is 16.0. The fraction of sp³-hybridized carbons (Fsp3) is 0.941. The molecule has 4 aliphatic rings. The molecule has 0 saturated carbocycles. The van der Waals surface area contributed by atoms with Crippen LogP contribution in [0.4, 0.5) is 0 Å². The molecule has 11 nitrogen and oxygen atoms in total. The zero-order chi connectivity index (χ0) is 19.2. The second-order valence-corrected chi connectivity index (χ2v) is 7.72. The molecule has 4 rings (SSSR count). The summed E-state index contributed by atoms with van der Waals surface area (Å²) in [6, 6.07) is 0. The largest absolute Gasteiger partial charge is 0.314 e. The van der Waals surface area contributed by atoms with Crippen molar-refractivity contribution in [2.75, 3.05) is 105 Å². The molecule has 5 N–H and O–H groups in total. The first kappa shape index (κ1) is 20.2. The van der Waals surface area contributed by atoms with E-state index in [0.717, 1.165) is 105 Å². The van der Waals surface area contributed by atoms with Crippen molar-refractivity contribution in [2.24, 2.45) is 0 Å². The Balaban J connectivity index is 1.57. The maximum Gasteiger partial charge on any atom is 0.254 e. The van der Waals surface area contributed by atoms with Crippen LogP contribution >= 0.6 is 0 Å². The van der Waals surface area contributed by atoms with E-state index in [0.29, 0.717) is 5.96 Å². The van der Waals surface area contributed by atoms with Crippen LogP contribution in [0.5, 0.6) is 0 Å². The summed E-state index contributed by atoms with van der Waals surface area (Å²) in [7, 11) is 0. The van der Waals surface area contributed by atoms with Gasteiger partial charge in [-0.2, -0.15) is 10.2 Å². The van der Waals surface area contributed by atoms with E-state index in [-0.39, 0.29) is 0 Å². The minimum absolute atomic E-state index is 0.563. The van der Waals surface area contributed by atoms with Gasteiger partial charge < -0.3 is 21.3 Å². The summed E-state index contributed by atoms with van der Waals surface area (Å²) in [5.41, 5.74) is 0. The van der Waals surface area contributed by atoms with Crippen LogP contribution in [0, 0.1) is 5.41 Å². The molecule has 0 unspecified atom stereocenters. The Bertz CT molecular complexity index is 401. The zero-order valence-electron chi connectivity index (χ0n) is 17.0. The quantitative estimate of drug-likeness (QED) is 0.248. The topological polar surface area (TPSA) is 91.4 Å². The van der Waals surface area contributed by atoms with Crippen LogP contribution in [-0.4, -0.2) is 141 Å². The number of hydrogen-bond donors (Lipinski definition) is 5. The van der Waals surface area contributed by atoms with Gasteiger partial charge in [0.25, 0.3) is 5.96 Å². The molecule has 4 saturated heterocycles. The second-order valence-electron chi connectivity index (χ2n) is 7.72. The van der Waals surface area contributed by atoms with Crippen molar-refractivity contribution in [3.8, 4) is 0 Å². The van der Waals surface area contributed by atoms with Gasteiger partial charge in [-0.05, 0) is 0 Å². The van der Waals surface area contributed by atoms with Gasteiger partial charge in [0, 0.05) is 105 Å². The lowest BCUT2D eigenvalue weighted by Crippen LogP contribution is -2.72. The summed E-state index contributed by atoms with van der Waals surface area (Å²) < 4.78 is 0. The lowest BCUT2D eigenvalue weighted by Gasteiger charge is -2.52. The fourth-order valence-electron chi connectivity index (χ4n) is 4.34. The molecular weight excluding hydrogens is 358 g/mol. The first-order valence-corrected chi connectivity index (χ1v) is 10.9. The van der Waals surface area contributed by atoms with E-state index in [4.69, 9.17) is 0 Å². The van der Waals surface area contributed by atoms with Crippen LogP contribution in [0.2, 0.25) is 0 Å². The highest BCUT2D eigenvalue weighted by Crippen LogP contribution is 2.16. The molecule has 0 aliphatic carbocycles. The highest BCUT2D eigenvalue weighted by molar-refractivity contribution is 5.75. The van der Waals surface area contributed by atoms with Crippen molar-refractivity contribution in [2.45, 2.75) is 0 Å². The molecule has 4 fully saturated rings. The smallest absolute Gasteiger partial charge is 0.254 e. The number of guanidine groups is 1. The standard InChI is InChI=1S/C17H37N11/c18-17(27(23-9-1-19-2-10-23)24-11-3-20-4-12-24)28(25-13-5-21-6-14-25)26-15-7-22-8-16-26/h18-22H,1-16H2. The van der Waals surface area contributed by atoms with Crippen molar-refractivity contribution < 1.29 is 0 Å². The Kier molecular flexibility index (Phi) is 7.31.